The van der Waals surface area contributed by atoms with Gasteiger partial charge >= 0.3 is 0 Å². The van der Waals surface area contributed by atoms with Crippen LogP contribution in [0.3, 0.4) is 0 Å². The summed E-state index contributed by atoms with van der Waals surface area (Å²) in [7, 11) is 0. The zero-order valence-corrected chi connectivity index (χ0v) is 14.9. The number of amides is 1. The molecule has 1 fully saturated rings. The number of aliphatic hydroxyl groups excluding tert-OH is 1. The van der Waals surface area contributed by atoms with Gasteiger partial charge in [0, 0.05) is 19.0 Å². The van der Waals surface area contributed by atoms with Crippen LogP contribution in [-0.2, 0) is 4.79 Å². The Morgan fingerprint density at radius 1 is 1.39 bits per heavy atom. The van der Waals surface area contributed by atoms with Crippen LogP contribution in [0.4, 0.5) is 0 Å². The zero-order valence-electron chi connectivity index (χ0n) is 14.0. The molecule has 0 bridgehead atoms. The van der Waals surface area contributed by atoms with Gasteiger partial charge in [0.1, 0.15) is 0 Å². The van der Waals surface area contributed by atoms with Gasteiger partial charge in [-0.3, -0.25) is 4.79 Å². The maximum atomic E-state index is 12.5. The van der Waals surface area contributed by atoms with Crippen molar-refractivity contribution in [3.8, 4) is 0 Å². The molecule has 0 aromatic heterocycles. The molecule has 1 aromatic carbocycles. The lowest BCUT2D eigenvalue weighted by atomic mass is 9.81. The molecule has 3 N–H and O–H groups in total. The van der Waals surface area contributed by atoms with Crippen LogP contribution in [0.1, 0.15) is 44.6 Å². The molecule has 1 aromatic rings. The molecular weight excluding hydrogens is 312 g/mol. The maximum Gasteiger partial charge on any atom is 0.227 e. The van der Waals surface area contributed by atoms with E-state index in [4.69, 9.17) is 0 Å². The molecule has 0 spiro atoms. The van der Waals surface area contributed by atoms with Gasteiger partial charge in [0.2, 0.25) is 5.91 Å². The Balaban J connectivity index is 0.00000264. The van der Waals surface area contributed by atoms with Crippen LogP contribution < -0.4 is 10.6 Å². The van der Waals surface area contributed by atoms with Crippen molar-refractivity contribution in [1.29, 1.82) is 0 Å². The number of hydrogen-bond acceptors (Lipinski definition) is 3. The average Bonchev–Trinajstić information content (AvgIpc) is 2.52. The van der Waals surface area contributed by atoms with Gasteiger partial charge in [-0.25, -0.2) is 0 Å². The van der Waals surface area contributed by atoms with Gasteiger partial charge in [0.15, 0.2) is 0 Å². The molecule has 3 unspecified atom stereocenters. The molecule has 130 valence electrons. The Bertz CT molecular complexity index is 473. The molecule has 1 amide bonds. The molecule has 0 aliphatic carbocycles. The monoisotopic (exact) mass is 340 g/mol. The van der Waals surface area contributed by atoms with Gasteiger partial charge in [0.25, 0.3) is 0 Å². The van der Waals surface area contributed by atoms with E-state index < -0.39 is 0 Å². The summed E-state index contributed by atoms with van der Waals surface area (Å²) < 4.78 is 0. The van der Waals surface area contributed by atoms with E-state index in [1.807, 2.05) is 25.1 Å². The quantitative estimate of drug-likeness (QED) is 0.745. The number of rotatable bonds is 6. The predicted molar refractivity (Wildman–Crippen MR) is 95.9 cm³/mol. The van der Waals surface area contributed by atoms with E-state index in [9.17, 15) is 9.90 Å². The molecule has 1 heterocycles. The molecule has 23 heavy (non-hydrogen) atoms. The van der Waals surface area contributed by atoms with Gasteiger partial charge in [-0.05, 0) is 45.2 Å². The van der Waals surface area contributed by atoms with Crippen molar-refractivity contribution in [2.75, 3.05) is 19.6 Å². The van der Waals surface area contributed by atoms with Crippen LogP contribution in [0.25, 0.3) is 0 Å². The fourth-order valence-corrected chi connectivity index (χ4v) is 3.15. The summed E-state index contributed by atoms with van der Waals surface area (Å²) in [5, 5.41) is 16.1. The largest absolute Gasteiger partial charge is 0.393 e. The van der Waals surface area contributed by atoms with Crippen molar-refractivity contribution in [3.05, 3.63) is 35.9 Å². The van der Waals surface area contributed by atoms with Crippen LogP contribution in [-0.4, -0.2) is 36.8 Å². The molecule has 1 saturated heterocycles. The molecule has 5 heteroatoms. The van der Waals surface area contributed by atoms with Gasteiger partial charge in [-0.2, -0.15) is 0 Å². The van der Waals surface area contributed by atoms with Crippen LogP contribution in [0.15, 0.2) is 30.3 Å². The molecule has 0 radical (unpaired) electrons. The number of piperidine rings is 1. The Morgan fingerprint density at radius 3 is 2.65 bits per heavy atom. The highest BCUT2D eigenvalue weighted by Crippen LogP contribution is 2.26. The summed E-state index contributed by atoms with van der Waals surface area (Å²) in [5.74, 6) is 0.261. The summed E-state index contributed by atoms with van der Waals surface area (Å²) in [6.07, 6.45) is 2.24. The van der Waals surface area contributed by atoms with Crippen LogP contribution in [0.5, 0.6) is 0 Å². The first-order valence-corrected chi connectivity index (χ1v) is 8.23. The normalized spacial score (nSPS) is 23.4. The van der Waals surface area contributed by atoms with Gasteiger partial charge in [0.05, 0.1) is 11.5 Å². The summed E-state index contributed by atoms with van der Waals surface area (Å²) in [5.41, 5.74) is 0.847. The second kappa shape index (κ2) is 9.26. The van der Waals surface area contributed by atoms with Gasteiger partial charge in [-0.15, -0.1) is 12.4 Å². The molecule has 4 nitrogen and oxygen atoms in total. The van der Waals surface area contributed by atoms with Crippen molar-refractivity contribution in [2.45, 2.75) is 45.1 Å². The first-order valence-electron chi connectivity index (χ1n) is 8.23. The number of nitrogens with one attached hydrogen (secondary N) is 2. The standard InChI is InChI=1S/C18H28N2O2.ClH/c1-14(21)11-16(15-7-4-3-5-8-15)12-20-17(22)18(2)9-6-10-19-13-18;/h3-5,7-8,14,16,19,21H,6,9-13H2,1-2H3,(H,20,22);1H. The third-order valence-electron chi connectivity index (χ3n) is 4.55. The van der Waals surface area contributed by atoms with Crippen LogP contribution in [0, 0.1) is 5.41 Å². The van der Waals surface area contributed by atoms with E-state index in [1.54, 1.807) is 6.92 Å². The lowest BCUT2D eigenvalue weighted by Gasteiger charge is -2.33. The van der Waals surface area contributed by atoms with E-state index >= 15 is 0 Å². The van der Waals surface area contributed by atoms with Crippen molar-refractivity contribution >= 4 is 18.3 Å². The highest BCUT2D eigenvalue weighted by Gasteiger charge is 2.34. The number of hydrogen-bond donors (Lipinski definition) is 3. The van der Waals surface area contributed by atoms with Crippen LogP contribution in [0.2, 0.25) is 0 Å². The molecular formula is C18H29ClN2O2. The van der Waals surface area contributed by atoms with E-state index in [0.29, 0.717) is 13.0 Å². The minimum Gasteiger partial charge on any atom is -0.393 e. The molecule has 1 aliphatic rings. The fraction of sp³-hybridized carbons (Fsp3) is 0.611. The Labute approximate surface area is 145 Å². The molecule has 2 rings (SSSR count). The average molecular weight is 341 g/mol. The van der Waals surface area contributed by atoms with Crippen molar-refractivity contribution in [2.24, 2.45) is 5.41 Å². The Kier molecular flexibility index (Phi) is 8.03. The molecule has 3 atom stereocenters. The Morgan fingerprint density at radius 2 is 2.09 bits per heavy atom. The minimum atomic E-state index is -0.381. The minimum absolute atomic E-state index is 0. The fourth-order valence-electron chi connectivity index (χ4n) is 3.15. The number of halogens is 1. The lowest BCUT2D eigenvalue weighted by molar-refractivity contribution is -0.131. The maximum absolute atomic E-state index is 12.5. The van der Waals surface area contributed by atoms with E-state index in [2.05, 4.69) is 22.8 Å². The smallest absolute Gasteiger partial charge is 0.227 e. The van der Waals surface area contributed by atoms with Crippen LogP contribution >= 0.6 is 12.4 Å². The summed E-state index contributed by atoms with van der Waals surface area (Å²) in [6.45, 7) is 6.14. The Hall–Kier alpha value is -1.10. The van der Waals surface area contributed by atoms with Gasteiger partial charge < -0.3 is 15.7 Å². The number of benzene rings is 1. The number of carbonyl (C=O) groups is 1. The van der Waals surface area contributed by atoms with E-state index in [1.165, 1.54) is 0 Å². The lowest BCUT2D eigenvalue weighted by Crippen LogP contribution is -2.49. The third kappa shape index (κ3) is 5.79. The van der Waals surface area contributed by atoms with Crippen molar-refractivity contribution in [3.63, 3.8) is 0 Å². The predicted octanol–water partition coefficient (Wildman–Crippen LogP) is 2.47. The number of carbonyl (C=O) groups excluding carboxylic acids is 1. The summed E-state index contributed by atoms with van der Waals surface area (Å²) >= 11 is 0. The number of aliphatic hydroxyl groups is 1. The highest BCUT2D eigenvalue weighted by atomic mass is 35.5. The van der Waals surface area contributed by atoms with E-state index in [-0.39, 0.29) is 35.8 Å². The highest BCUT2D eigenvalue weighted by molar-refractivity contribution is 5.85. The first-order chi connectivity index (χ1) is 10.5. The first kappa shape index (κ1) is 19.9. The van der Waals surface area contributed by atoms with Crippen molar-refractivity contribution in [1.82, 2.24) is 10.6 Å². The van der Waals surface area contributed by atoms with Crippen molar-refractivity contribution < 1.29 is 9.90 Å². The zero-order chi connectivity index (χ0) is 16.0. The SMILES string of the molecule is CC(O)CC(CNC(=O)C1(C)CCCNC1)c1ccccc1.Cl. The molecule has 0 saturated carbocycles. The summed E-state index contributed by atoms with van der Waals surface area (Å²) in [4.78, 5) is 12.5. The second-order valence-corrected chi connectivity index (χ2v) is 6.74. The van der Waals surface area contributed by atoms with Gasteiger partial charge in [-0.1, -0.05) is 30.3 Å². The topological polar surface area (TPSA) is 61.4 Å². The van der Waals surface area contributed by atoms with E-state index in [0.717, 1.165) is 31.5 Å². The third-order valence-corrected chi connectivity index (χ3v) is 4.55. The molecule has 1 aliphatic heterocycles. The summed E-state index contributed by atoms with van der Waals surface area (Å²) in [6, 6.07) is 10.1. The second-order valence-electron chi connectivity index (χ2n) is 6.74.